The lowest BCUT2D eigenvalue weighted by Crippen LogP contribution is -2.32. The summed E-state index contributed by atoms with van der Waals surface area (Å²) in [6.45, 7) is 1.42. The van der Waals surface area contributed by atoms with E-state index in [1.54, 1.807) is 17.5 Å². The van der Waals surface area contributed by atoms with E-state index in [-0.39, 0.29) is 12.0 Å². The zero-order valence-corrected chi connectivity index (χ0v) is 11.9. The molecule has 2 aromatic heterocycles. The van der Waals surface area contributed by atoms with Crippen molar-refractivity contribution in [2.24, 2.45) is 0 Å². The third-order valence-corrected chi connectivity index (χ3v) is 4.20. The molecule has 1 unspecified atom stereocenters. The normalized spacial score (nSPS) is 18.2. The Morgan fingerprint density at radius 2 is 2.35 bits per heavy atom. The molecule has 3 rings (SSSR count). The highest BCUT2D eigenvalue weighted by molar-refractivity contribution is 7.10. The zero-order valence-electron chi connectivity index (χ0n) is 11.1. The van der Waals surface area contributed by atoms with Crippen LogP contribution in [0.4, 0.5) is 0 Å². The summed E-state index contributed by atoms with van der Waals surface area (Å²) in [5.41, 5.74) is 0. The number of aromatic nitrogens is 1. The molecule has 104 valence electrons. The Hall–Kier alpha value is -1.88. The number of ether oxygens (including phenoxy) is 1. The minimum Gasteiger partial charge on any atom is -0.472 e. The average Bonchev–Trinajstić information content (AvgIpc) is 3.11. The van der Waals surface area contributed by atoms with Crippen LogP contribution in [-0.2, 0) is 11.2 Å². The van der Waals surface area contributed by atoms with Crippen LogP contribution in [0.5, 0.6) is 5.88 Å². The smallest absolute Gasteiger partial charge is 0.227 e. The lowest BCUT2D eigenvalue weighted by Gasteiger charge is -2.16. The van der Waals surface area contributed by atoms with Crippen LogP contribution in [0.25, 0.3) is 0 Å². The van der Waals surface area contributed by atoms with Crippen LogP contribution in [0.1, 0.15) is 11.3 Å². The van der Waals surface area contributed by atoms with E-state index >= 15 is 0 Å². The fourth-order valence-electron chi connectivity index (χ4n) is 2.31. The van der Waals surface area contributed by atoms with E-state index in [9.17, 15) is 4.79 Å². The molecule has 20 heavy (non-hydrogen) atoms. The maximum absolute atomic E-state index is 12.2. The van der Waals surface area contributed by atoms with Crippen LogP contribution in [0.2, 0.25) is 0 Å². The second-order valence-electron chi connectivity index (χ2n) is 4.79. The highest BCUT2D eigenvalue weighted by Crippen LogP contribution is 2.18. The van der Waals surface area contributed by atoms with Crippen molar-refractivity contribution in [3.63, 3.8) is 0 Å². The maximum atomic E-state index is 12.2. The zero-order chi connectivity index (χ0) is 13.8. The summed E-state index contributed by atoms with van der Waals surface area (Å²) >= 11 is 1.62. The first kappa shape index (κ1) is 13.1. The quantitative estimate of drug-likeness (QED) is 0.867. The van der Waals surface area contributed by atoms with Crippen molar-refractivity contribution < 1.29 is 9.53 Å². The minimum atomic E-state index is 0.0529. The van der Waals surface area contributed by atoms with Gasteiger partial charge in [0.2, 0.25) is 11.8 Å². The number of amides is 1. The second kappa shape index (κ2) is 6.05. The molecule has 0 aromatic carbocycles. The van der Waals surface area contributed by atoms with Crippen molar-refractivity contribution in [1.29, 1.82) is 0 Å². The molecule has 4 nitrogen and oxygen atoms in total. The molecule has 1 saturated heterocycles. The van der Waals surface area contributed by atoms with Crippen molar-refractivity contribution in [3.8, 4) is 5.88 Å². The van der Waals surface area contributed by atoms with E-state index in [0.717, 1.165) is 17.8 Å². The lowest BCUT2D eigenvalue weighted by atomic mass is 10.3. The molecule has 1 atom stereocenters. The van der Waals surface area contributed by atoms with Crippen LogP contribution in [0.15, 0.2) is 41.9 Å². The van der Waals surface area contributed by atoms with Crippen molar-refractivity contribution in [3.05, 3.63) is 46.8 Å². The predicted octanol–water partition coefficient (Wildman–Crippen LogP) is 2.37. The minimum absolute atomic E-state index is 0.0529. The van der Waals surface area contributed by atoms with E-state index in [0.29, 0.717) is 18.8 Å². The molecule has 0 radical (unpaired) electrons. The van der Waals surface area contributed by atoms with Crippen molar-refractivity contribution in [1.82, 2.24) is 9.88 Å². The second-order valence-corrected chi connectivity index (χ2v) is 5.82. The van der Waals surface area contributed by atoms with Crippen molar-refractivity contribution in [2.45, 2.75) is 18.9 Å². The van der Waals surface area contributed by atoms with E-state index in [1.807, 2.05) is 40.6 Å². The molecule has 0 bridgehead atoms. The fraction of sp³-hybridized carbons (Fsp3) is 0.333. The Labute approximate surface area is 122 Å². The van der Waals surface area contributed by atoms with Gasteiger partial charge in [-0.3, -0.25) is 4.79 Å². The summed E-state index contributed by atoms with van der Waals surface area (Å²) in [6, 6.07) is 9.58. The number of hydrogen-bond donors (Lipinski definition) is 0. The number of nitrogens with zero attached hydrogens (tertiary/aromatic N) is 2. The highest BCUT2D eigenvalue weighted by Gasteiger charge is 2.27. The summed E-state index contributed by atoms with van der Waals surface area (Å²) in [7, 11) is 0. The Balaban J connectivity index is 1.53. The largest absolute Gasteiger partial charge is 0.472 e. The molecule has 0 saturated carbocycles. The van der Waals surface area contributed by atoms with Gasteiger partial charge in [-0.05, 0) is 17.5 Å². The number of carbonyl (C=O) groups excluding carboxylic acids is 1. The topological polar surface area (TPSA) is 42.4 Å². The van der Waals surface area contributed by atoms with Crippen molar-refractivity contribution >= 4 is 17.2 Å². The van der Waals surface area contributed by atoms with Gasteiger partial charge >= 0.3 is 0 Å². The summed E-state index contributed by atoms with van der Waals surface area (Å²) in [5.74, 6) is 0.810. The monoisotopic (exact) mass is 288 g/mol. The van der Waals surface area contributed by atoms with E-state index in [4.69, 9.17) is 4.74 Å². The SMILES string of the molecule is O=C(Cc1cccs1)N1CCC(Oc2ccccn2)C1. The standard InChI is InChI=1S/C15H16N2O2S/c18-15(10-13-4-3-9-20-13)17-8-6-12(11-17)19-14-5-1-2-7-16-14/h1-5,7,9,12H,6,8,10-11H2. The predicted molar refractivity (Wildman–Crippen MR) is 77.9 cm³/mol. The molecule has 0 aliphatic carbocycles. The molecule has 5 heteroatoms. The summed E-state index contributed by atoms with van der Waals surface area (Å²) in [6.07, 6.45) is 3.13. The first-order valence-electron chi connectivity index (χ1n) is 6.69. The van der Waals surface area contributed by atoms with Gasteiger partial charge in [-0.25, -0.2) is 4.98 Å². The molecule has 0 spiro atoms. The highest BCUT2D eigenvalue weighted by atomic mass is 32.1. The fourth-order valence-corrected chi connectivity index (χ4v) is 3.01. The molecule has 1 fully saturated rings. The number of hydrogen-bond acceptors (Lipinski definition) is 4. The Bertz CT molecular complexity index is 557. The van der Waals surface area contributed by atoms with Gasteiger partial charge < -0.3 is 9.64 Å². The first-order valence-corrected chi connectivity index (χ1v) is 7.57. The molecular weight excluding hydrogens is 272 g/mol. The molecule has 1 aliphatic rings. The molecule has 1 amide bonds. The van der Waals surface area contributed by atoms with Gasteiger partial charge in [0.1, 0.15) is 6.10 Å². The number of pyridine rings is 1. The van der Waals surface area contributed by atoms with Gasteiger partial charge in [0, 0.05) is 30.1 Å². The van der Waals surface area contributed by atoms with Gasteiger partial charge in [-0.2, -0.15) is 0 Å². The summed E-state index contributed by atoms with van der Waals surface area (Å²) in [5, 5.41) is 2.00. The lowest BCUT2D eigenvalue weighted by molar-refractivity contribution is -0.129. The molecular formula is C15H16N2O2S. The average molecular weight is 288 g/mol. The van der Waals surface area contributed by atoms with Crippen LogP contribution in [-0.4, -0.2) is 35.0 Å². The summed E-state index contributed by atoms with van der Waals surface area (Å²) in [4.78, 5) is 19.3. The van der Waals surface area contributed by atoms with E-state index in [2.05, 4.69) is 4.98 Å². The number of carbonyl (C=O) groups is 1. The number of thiophene rings is 1. The van der Waals surface area contributed by atoms with Gasteiger partial charge in [-0.1, -0.05) is 12.1 Å². The number of likely N-dealkylation sites (tertiary alicyclic amines) is 1. The Morgan fingerprint density at radius 3 is 3.10 bits per heavy atom. The molecule has 0 N–H and O–H groups in total. The van der Waals surface area contributed by atoms with Crippen LogP contribution >= 0.6 is 11.3 Å². The van der Waals surface area contributed by atoms with Gasteiger partial charge in [0.05, 0.1) is 13.0 Å². The van der Waals surface area contributed by atoms with E-state index in [1.165, 1.54) is 0 Å². The maximum Gasteiger partial charge on any atom is 0.227 e. The molecule has 1 aliphatic heterocycles. The first-order chi connectivity index (χ1) is 9.81. The third kappa shape index (κ3) is 3.17. The Morgan fingerprint density at radius 1 is 1.40 bits per heavy atom. The van der Waals surface area contributed by atoms with Crippen LogP contribution in [0, 0.1) is 0 Å². The van der Waals surface area contributed by atoms with Crippen LogP contribution < -0.4 is 4.74 Å². The van der Waals surface area contributed by atoms with Gasteiger partial charge in [-0.15, -0.1) is 11.3 Å². The van der Waals surface area contributed by atoms with Crippen molar-refractivity contribution in [2.75, 3.05) is 13.1 Å². The molecule has 3 heterocycles. The summed E-state index contributed by atoms with van der Waals surface area (Å²) < 4.78 is 5.79. The number of rotatable bonds is 4. The Kier molecular flexibility index (Phi) is 3.97. The van der Waals surface area contributed by atoms with Gasteiger partial charge in [0.15, 0.2) is 0 Å². The van der Waals surface area contributed by atoms with E-state index < -0.39 is 0 Å². The molecule has 2 aromatic rings. The van der Waals surface area contributed by atoms with Gasteiger partial charge in [0.25, 0.3) is 0 Å². The van der Waals surface area contributed by atoms with Crippen LogP contribution in [0.3, 0.4) is 0 Å². The third-order valence-electron chi connectivity index (χ3n) is 3.33.